The van der Waals surface area contributed by atoms with Gasteiger partial charge in [-0.25, -0.2) is 4.98 Å². The van der Waals surface area contributed by atoms with Crippen LogP contribution in [0.2, 0.25) is 0 Å². The van der Waals surface area contributed by atoms with Crippen molar-refractivity contribution in [1.82, 2.24) is 9.55 Å². The number of aryl methyl sites for hydroxylation is 1. The van der Waals surface area contributed by atoms with Crippen LogP contribution in [0.4, 0.5) is 18.9 Å². The van der Waals surface area contributed by atoms with Gasteiger partial charge in [0, 0.05) is 33.0 Å². The molecule has 9 nitrogen and oxygen atoms in total. The van der Waals surface area contributed by atoms with Crippen LogP contribution in [0.5, 0.6) is 11.5 Å². The Bertz CT molecular complexity index is 1370. The van der Waals surface area contributed by atoms with Crippen LogP contribution in [-0.4, -0.2) is 41.0 Å². The molecule has 0 radical (unpaired) electrons. The second kappa shape index (κ2) is 9.17. The van der Waals surface area contributed by atoms with E-state index in [1.807, 2.05) is 11.0 Å². The highest BCUT2D eigenvalue weighted by molar-refractivity contribution is 6.05. The van der Waals surface area contributed by atoms with Gasteiger partial charge in [-0.3, -0.25) is 9.59 Å². The van der Waals surface area contributed by atoms with Gasteiger partial charge in [0.05, 0.1) is 11.2 Å². The summed E-state index contributed by atoms with van der Waals surface area (Å²) in [6.45, 7) is 0.780. The highest BCUT2D eigenvalue weighted by atomic mass is 19.4. The van der Waals surface area contributed by atoms with Gasteiger partial charge in [0.1, 0.15) is 40.4 Å². The molecule has 3 heterocycles. The van der Waals surface area contributed by atoms with Gasteiger partial charge >= 0.3 is 6.36 Å². The van der Waals surface area contributed by atoms with Crippen molar-refractivity contribution in [1.29, 1.82) is 5.26 Å². The molecule has 12 heteroatoms. The Morgan fingerprint density at radius 1 is 1.14 bits per heavy atom. The molecular weight excluding hydrogens is 467 g/mol. The molecule has 2 aromatic heterocycles. The Morgan fingerprint density at radius 2 is 1.77 bits per heavy atom. The Labute approximate surface area is 197 Å². The minimum Gasteiger partial charge on any atom is -0.490 e. The van der Waals surface area contributed by atoms with Crippen LogP contribution in [-0.2, 0) is 7.05 Å². The third-order valence-corrected chi connectivity index (χ3v) is 5.69. The molecule has 1 saturated heterocycles. The van der Waals surface area contributed by atoms with E-state index < -0.39 is 17.8 Å². The van der Waals surface area contributed by atoms with E-state index in [0.717, 1.165) is 0 Å². The number of primary amides is 1. The van der Waals surface area contributed by atoms with Crippen molar-refractivity contribution in [3.8, 4) is 17.6 Å². The molecule has 2 N–H and O–H groups in total. The summed E-state index contributed by atoms with van der Waals surface area (Å²) in [7, 11) is 1.50. The minimum absolute atomic E-state index is 0.129. The number of nitrogens with zero attached hydrogens (tertiary/aromatic N) is 4. The van der Waals surface area contributed by atoms with Gasteiger partial charge in [-0.2, -0.15) is 5.26 Å². The molecule has 0 unspecified atom stereocenters. The molecule has 35 heavy (non-hydrogen) atoms. The number of aromatic nitrogens is 2. The van der Waals surface area contributed by atoms with E-state index in [2.05, 4.69) is 9.72 Å². The Balaban J connectivity index is 1.57. The van der Waals surface area contributed by atoms with Crippen molar-refractivity contribution in [2.45, 2.75) is 25.3 Å². The normalized spacial score (nSPS) is 14.5. The maximum atomic E-state index is 12.9. The maximum absolute atomic E-state index is 12.9. The Hall–Kier alpha value is -4.27. The highest BCUT2D eigenvalue weighted by Crippen LogP contribution is 2.31. The van der Waals surface area contributed by atoms with E-state index in [1.54, 1.807) is 6.07 Å². The molecule has 0 atom stereocenters. The van der Waals surface area contributed by atoms with E-state index in [0.29, 0.717) is 42.7 Å². The number of nitrogens with two attached hydrogens (primary N) is 1. The van der Waals surface area contributed by atoms with Crippen molar-refractivity contribution in [3.05, 3.63) is 58.0 Å². The van der Waals surface area contributed by atoms with Gasteiger partial charge in [0.2, 0.25) is 0 Å². The Kier molecular flexibility index (Phi) is 6.26. The first-order valence-corrected chi connectivity index (χ1v) is 10.6. The second-order valence-electron chi connectivity index (χ2n) is 7.95. The van der Waals surface area contributed by atoms with Crippen LogP contribution in [0.3, 0.4) is 0 Å². The molecule has 1 aliphatic rings. The van der Waals surface area contributed by atoms with Crippen LogP contribution in [0.15, 0.2) is 41.2 Å². The van der Waals surface area contributed by atoms with Gasteiger partial charge in [-0.15, -0.1) is 13.2 Å². The monoisotopic (exact) mass is 487 g/mol. The van der Waals surface area contributed by atoms with Gasteiger partial charge in [-0.05, 0) is 36.4 Å². The van der Waals surface area contributed by atoms with Crippen molar-refractivity contribution in [2.75, 3.05) is 18.0 Å². The fourth-order valence-corrected chi connectivity index (χ4v) is 4.10. The fraction of sp³-hybridized carbons (Fsp3) is 0.304. The number of carbonyl (C=O) groups is 1. The van der Waals surface area contributed by atoms with Crippen LogP contribution in [0.25, 0.3) is 11.0 Å². The third kappa shape index (κ3) is 4.98. The second-order valence-corrected chi connectivity index (χ2v) is 7.95. The lowest BCUT2D eigenvalue weighted by Crippen LogP contribution is -2.41. The summed E-state index contributed by atoms with van der Waals surface area (Å²) in [6, 6.07) is 10.2. The Morgan fingerprint density at radius 3 is 2.34 bits per heavy atom. The molecule has 0 bridgehead atoms. The van der Waals surface area contributed by atoms with Gasteiger partial charge in [0.15, 0.2) is 0 Å². The molecule has 1 fully saturated rings. The standard InChI is InChI=1S/C23H20F3N5O4/c1-30-17-7-2-13(12-27)29-19(17)20(18(21(28)32)22(30)33)31-10-8-15(9-11-31)34-14-3-5-16(6-4-14)35-23(24,25)26/h2-7,15H,8-11H2,1H3,(H2,28,32). The zero-order valence-electron chi connectivity index (χ0n) is 18.5. The van der Waals surface area contributed by atoms with Gasteiger partial charge in [-0.1, -0.05) is 0 Å². The zero-order chi connectivity index (χ0) is 25.3. The zero-order valence-corrected chi connectivity index (χ0v) is 18.5. The van der Waals surface area contributed by atoms with Crippen molar-refractivity contribution in [3.63, 3.8) is 0 Å². The van der Waals surface area contributed by atoms with E-state index in [9.17, 15) is 28.0 Å². The lowest BCUT2D eigenvalue weighted by molar-refractivity contribution is -0.274. The predicted octanol–water partition coefficient (Wildman–Crippen LogP) is 2.85. The summed E-state index contributed by atoms with van der Waals surface area (Å²) in [5.74, 6) is -0.859. The lowest BCUT2D eigenvalue weighted by atomic mass is 10.0. The summed E-state index contributed by atoms with van der Waals surface area (Å²) < 4.78 is 48.0. The number of alkyl halides is 3. The molecule has 1 amide bonds. The topological polar surface area (TPSA) is 123 Å². The molecule has 0 spiro atoms. The van der Waals surface area contributed by atoms with Gasteiger partial charge < -0.3 is 24.7 Å². The number of benzene rings is 1. The maximum Gasteiger partial charge on any atom is 0.573 e. The minimum atomic E-state index is -4.77. The third-order valence-electron chi connectivity index (χ3n) is 5.69. The fourth-order valence-electron chi connectivity index (χ4n) is 4.10. The number of carbonyl (C=O) groups excluding carboxylic acids is 1. The predicted molar refractivity (Wildman–Crippen MR) is 119 cm³/mol. The number of halogens is 3. The van der Waals surface area contributed by atoms with Crippen molar-refractivity contribution >= 4 is 22.6 Å². The van der Waals surface area contributed by atoms with Crippen LogP contribution in [0.1, 0.15) is 28.9 Å². The number of hydrogen-bond acceptors (Lipinski definition) is 7. The average Bonchev–Trinajstić information content (AvgIpc) is 2.81. The number of pyridine rings is 2. The number of ether oxygens (including phenoxy) is 2. The molecule has 182 valence electrons. The summed E-state index contributed by atoms with van der Waals surface area (Å²) >= 11 is 0. The largest absolute Gasteiger partial charge is 0.573 e. The van der Waals surface area contributed by atoms with Crippen molar-refractivity contribution < 1.29 is 27.4 Å². The van der Waals surface area contributed by atoms with E-state index in [1.165, 1.54) is 41.9 Å². The molecule has 1 aliphatic heterocycles. The molecule has 0 saturated carbocycles. The summed E-state index contributed by atoms with van der Waals surface area (Å²) in [5, 5.41) is 9.28. The first-order valence-electron chi connectivity index (χ1n) is 10.6. The SMILES string of the molecule is Cn1c(=O)c(C(N)=O)c(N2CCC(Oc3ccc(OC(F)(F)F)cc3)CC2)c2nc(C#N)ccc21. The van der Waals surface area contributed by atoms with E-state index in [4.69, 9.17) is 10.5 Å². The number of nitriles is 1. The molecular formula is C23H20F3N5O4. The number of piperidine rings is 1. The number of rotatable bonds is 5. The average molecular weight is 487 g/mol. The number of fused-ring (bicyclic) bond motifs is 1. The lowest BCUT2D eigenvalue weighted by Gasteiger charge is -2.35. The smallest absolute Gasteiger partial charge is 0.490 e. The first kappa shape index (κ1) is 23.9. The molecule has 1 aromatic carbocycles. The molecule has 0 aliphatic carbocycles. The van der Waals surface area contributed by atoms with Crippen LogP contribution in [0, 0.1) is 11.3 Å². The number of hydrogen-bond donors (Lipinski definition) is 1. The van der Waals surface area contributed by atoms with Crippen LogP contribution >= 0.6 is 0 Å². The number of anilines is 1. The van der Waals surface area contributed by atoms with Gasteiger partial charge in [0.25, 0.3) is 11.5 Å². The summed E-state index contributed by atoms with van der Waals surface area (Å²) in [5.41, 5.74) is 5.96. The number of amides is 1. The molecule has 4 rings (SSSR count). The van der Waals surface area contributed by atoms with E-state index in [-0.39, 0.29) is 28.8 Å². The highest BCUT2D eigenvalue weighted by Gasteiger charge is 2.31. The summed E-state index contributed by atoms with van der Waals surface area (Å²) in [6.07, 6.45) is -4.04. The molecule has 3 aromatic rings. The summed E-state index contributed by atoms with van der Waals surface area (Å²) in [4.78, 5) is 31.3. The van der Waals surface area contributed by atoms with Crippen LogP contribution < -0.4 is 25.7 Å². The van der Waals surface area contributed by atoms with E-state index >= 15 is 0 Å². The first-order chi connectivity index (χ1) is 16.6. The van der Waals surface area contributed by atoms with Crippen molar-refractivity contribution in [2.24, 2.45) is 12.8 Å². The quantitative estimate of drug-likeness (QED) is 0.587.